The Morgan fingerprint density at radius 1 is 1.08 bits per heavy atom. The number of Topliss-reactive ketones (excluding diaryl/α,β-unsaturated/α-hetero) is 1. The van der Waals surface area contributed by atoms with Gasteiger partial charge in [-0.1, -0.05) is 17.7 Å². The minimum Gasteiger partial charge on any atom is -0.460 e. The quantitative estimate of drug-likeness (QED) is 0.194. The van der Waals surface area contributed by atoms with Crippen LogP contribution >= 0.6 is 0 Å². The van der Waals surface area contributed by atoms with Gasteiger partial charge in [-0.25, -0.2) is 12.4 Å². The number of esters is 1. The van der Waals surface area contributed by atoms with Crippen molar-refractivity contribution in [3.63, 3.8) is 0 Å². The third-order valence-corrected chi connectivity index (χ3v) is 7.26. The van der Waals surface area contributed by atoms with E-state index in [1.54, 1.807) is 71.0 Å². The maximum atomic E-state index is 13.9. The highest BCUT2D eigenvalue weighted by Gasteiger charge is 2.29. The number of hydrogen-bond acceptors (Lipinski definition) is 7. The smallest absolute Gasteiger partial charge is 0.310 e. The molecule has 194 valence electrons. The number of fused-ring (bicyclic) bond motifs is 1. The fourth-order valence-electron chi connectivity index (χ4n) is 3.88. The average molecular weight is 522 g/mol. The number of hydrogen-bond donors (Lipinski definition) is 0. The molecule has 0 aliphatic heterocycles. The van der Waals surface area contributed by atoms with Crippen LogP contribution in [0.3, 0.4) is 0 Å². The summed E-state index contributed by atoms with van der Waals surface area (Å²) < 4.78 is 34.2. The summed E-state index contributed by atoms with van der Waals surface area (Å²) >= 11 is 0. The molecule has 0 saturated heterocycles. The standard InChI is InChI=1S/C28H31N3O5S/c1-18-8-10-23(11-9-18)37(34,35)31-24-13-20(15-26(32)36-28(3,4)5)19(2)12-21(24)14-25(31)27(33)22(16-29)17-30(6)7/h8-14,17H,15H2,1-7H3. The molecule has 0 fully saturated rings. The van der Waals surface area contributed by atoms with Crippen LogP contribution in [-0.2, 0) is 26.0 Å². The topological polar surface area (TPSA) is 109 Å². The monoisotopic (exact) mass is 521 g/mol. The van der Waals surface area contributed by atoms with Gasteiger partial charge in [0.25, 0.3) is 10.0 Å². The summed E-state index contributed by atoms with van der Waals surface area (Å²) in [5, 5.41) is 10.1. The second kappa shape index (κ2) is 10.2. The lowest BCUT2D eigenvalue weighted by molar-refractivity contribution is -0.153. The Labute approximate surface area is 217 Å². The zero-order chi connectivity index (χ0) is 27.7. The van der Waals surface area contributed by atoms with Crippen LogP contribution in [-0.4, -0.2) is 48.7 Å². The second-order valence-corrected chi connectivity index (χ2v) is 11.9. The summed E-state index contributed by atoms with van der Waals surface area (Å²) in [7, 11) is -0.918. The summed E-state index contributed by atoms with van der Waals surface area (Å²) in [5.74, 6) is -1.18. The number of nitrogens with zero attached hydrogens (tertiary/aromatic N) is 3. The molecule has 0 unspecified atom stereocenters. The third-order valence-electron chi connectivity index (χ3n) is 5.51. The third kappa shape index (κ3) is 6.09. The van der Waals surface area contributed by atoms with E-state index in [1.165, 1.54) is 24.4 Å². The molecule has 3 rings (SSSR count). The average Bonchev–Trinajstić information content (AvgIpc) is 3.15. The van der Waals surface area contributed by atoms with Crippen molar-refractivity contribution in [2.24, 2.45) is 0 Å². The number of carbonyl (C=O) groups is 2. The molecule has 0 N–H and O–H groups in total. The van der Waals surface area contributed by atoms with Crippen molar-refractivity contribution in [1.29, 1.82) is 5.26 Å². The van der Waals surface area contributed by atoms with Crippen molar-refractivity contribution in [2.75, 3.05) is 14.1 Å². The fraction of sp³-hybridized carbons (Fsp3) is 0.321. The number of benzene rings is 2. The normalized spacial score (nSPS) is 12.3. The highest BCUT2D eigenvalue weighted by Crippen LogP contribution is 2.30. The lowest BCUT2D eigenvalue weighted by Gasteiger charge is -2.20. The van der Waals surface area contributed by atoms with Gasteiger partial charge in [-0.05, 0) is 76.1 Å². The molecule has 0 atom stereocenters. The molecule has 0 spiro atoms. The van der Waals surface area contributed by atoms with Gasteiger partial charge < -0.3 is 9.64 Å². The predicted molar refractivity (Wildman–Crippen MR) is 142 cm³/mol. The van der Waals surface area contributed by atoms with Gasteiger partial charge in [0.15, 0.2) is 0 Å². The van der Waals surface area contributed by atoms with E-state index in [1.807, 2.05) is 13.0 Å². The van der Waals surface area contributed by atoms with Gasteiger partial charge in [0.05, 0.1) is 16.8 Å². The number of nitriles is 1. The zero-order valence-corrected chi connectivity index (χ0v) is 22.9. The molecule has 3 aromatic rings. The summed E-state index contributed by atoms with van der Waals surface area (Å²) in [6.45, 7) is 8.96. The molecule has 0 aliphatic rings. The fourth-order valence-corrected chi connectivity index (χ4v) is 5.38. The summed E-state index contributed by atoms with van der Waals surface area (Å²) in [5.41, 5.74) is 1.38. The Balaban J connectivity index is 2.30. The molecule has 9 heteroatoms. The predicted octanol–water partition coefficient (Wildman–Crippen LogP) is 4.53. The highest BCUT2D eigenvalue weighted by molar-refractivity contribution is 7.90. The van der Waals surface area contributed by atoms with Crippen LogP contribution in [0.4, 0.5) is 0 Å². The van der Waals surface area contributed by atoms with E-state index < -0.39 is 27.4 Å². The SMILES string of the molecule is Cc1ccc(S(=O)(=O)n2c(C(=O)C(C#N)=CN(C)C)cc3cc(C)c(CC(=O)OC(C)(C)C)cc32)cc1. The van der Waals surface area contributed by atoms with Crippen molar-refractivity contribution in [2.45, 2.75) is 51.5 Å². The molecule has 1 heterocycles. The van der Waals surface area contributed by atoms with Gasteiger partial charge in [-0.2, -0.15) is 5.26 Å². The molecule has 1 aromatic heterocycles. The molecule has 2 aromatic carbocycles. The van der Waals surface area contributed by atoms with Crippen LogP contribution in [0.1, 0.15) is 48.0 Å². The Morgan fingerprint density at radius 3 is 2.24 bits per heavy atom. The van der Waals surface area contributed by atoms with E-state index in [0.717, 1.165) is 15.1 Å². The van der Waals surface area contributed by atoms with Crippen LogP contribution in [0, 0.1) is 25.2 Å². The first kappa shape index (κ1) is 27.7. The largest absolute Gasteiger partial charge is 0.460 e. The van der Waals surface area contributed by atoms with Gasteiger partial charge >= 0.3 is 5.97 Å². The lowest BCUT2D eigenvalue weighted by Crippen LogP contribution is -2.25. The molecular formula is C28H31N3O5S. The first-order valence-electron chi connectivity index (χ1n) is 11.7. The molecular weight excluding hydrogens is 490 g/mol. The Hall–Kier alpha value is -3.90. The van der Waals surface area contributed by atoms with Crippen LogP contribution in [0.5, 0.6) is 0 Å². The number of aryl methyl sites for hydroxylation is 2. The van der Waals surface area contributed by atoms with Crippen molar-refractivity contribution in [3.05, 3.63) is 76.6 Å². The number of ketones is 1. The van der Waals surface area contributed by atoms with Gasteiger partial charge in [0, 0.05) is 25.7 Å². The van der Waals surface area contributed by atoms with Gasteiger partial charge in [0.1, 0.15) is 22.9 Å². The second-order valence-electron chi connectivity index (χ2n) is 10.2. The van der Waals surface area contributed by atoms with E-state index in [4.69, 9.17) is 4.74 Å². The van der Waals surface area contributed by atoms with Crippen LogP contribution in [0.25, 0.3) is 10.9 Å². The van der Waals surface area contributed by atoms with Crippen molar-refractivity contribution in [1.82, 2.24) is 8.87 Å². The number of allylic oxidation sites excluding steroid dienone is 1. The van der Waals surface area contributed by atoms with Crippen molar-refractivity contribution < 1.29 is 22.7 Å². The molecule has 0 saturated carbocycles. The Kier molecular flexibility index (Phi) is 7.65. The van der Waals surface area contributed by atoms with Gasteiger partial charge in [-0.15, -0.1) is 0 Å². The summed E-state index contributed by atoms with van der Waals surface area (Å²) in [6.07, 6.45) is 1.28. The van der Waals surface area contributed by atoms with Crippen LogP contribution in [0.15, 0.2) is 59.1 Å². The van der Waals surface area contributed by atoms with E-state index >= 15 is 0 Å². The number of rotatable bonds is 7. The molecule has 0 aliphatic carbocycles. The van der Waals surface area contributed by atoms with E-state index in [9.17, 15) is 23.3 Å². The van der Waals surface area contributed by atoms with Crippen molar-refractivity contribution in [3.8, 4) is 6.07 Å². The molecule has 0 amide bonds. The number of ether oxygens (including phenoxy) is 1. The molecule has 0 bridgehead atoms. The molecule has 37 heavy (non-hydrogen) atoms. The minimum atomic E-state index is -4.24. The first-order chi connectivity index (χ1) is 17.1. The summed E-state index contributed by atoms with van der Waals surface area (Å²) in [6, 6.07) is 13.0. The number of carbonyl (C=O) groups excluding carboxylic acids is 2. The van der Waals surface area contributed by atoms with Gasteiger partial charge in [-0.3, -0.25) is 9.59 Å². The summed E-state index contributed by atoms with van der Waals surface area (Å²) in [4.78, 5) is 27.5. The van der Waals surface area contributed by atoms with E-state index in [2.05, 4.69) is 0 Å². The first-order valence-corrected chi connectivity index (χ1v) is 13.1. The molecule has 8 nitrogen and oxygen atoms in total. The van der Waals surface area contributed by atoms with Gasteiger partial charge in [0.2, 0.25) is 5.78 Å². The van der Waals surface area contributed by atoms with E-state index in [-0.39, 0.29) is 28.1 Å². The Morgan fingerprint density at radius 2 is 1.70 bits per heavy atom. The van der Waals surface area contributed by atoms with Crippen molar-refractivity contribution >= 4 is 32.7 Å². The maximum absolute atomic E-state index is 13.9. The van der Waals surface area contributed by atoms with Crippen LogP contribution in [0.2, 0.25) is 0 Å². The van der Waals surface area contributed by atoms with E-state index in [0.29, 0.717) is 10.9 Å². The Bertz CT molecular complexity index is 1550. The highest BCUT2D eigenvalue weighted by atomic mass is 32.2. The maximum Gasteiger partial charge on any atom is 0.310 e. The molecule has 0 radical (unpaired) electrons. The minimum absolute atomic E-state index is 0.00554. The van der Waals surface area contributed by atoms with Crippen LogP contribution < -0.4 is 0 Å². The zero-order valence-electron chi connectivity index (χ0n) is 22.1. The lowest BCUT2D eigenvalue weighted by atomic mass is 10.0. The number of aromatic nitrogens is 1.